The lowest BCUT2D eigenvalue weighted by Gasteiger charge is -2.17. The smallest absolute Gasteiger partial charge is 0.471 e. The van der Waals surface area contributed by atoms with Crippen molar-refractivity contribution in [2.45, 2.75) is 12.3 Å². The van der Waals surface area contributed by atoms with Crippen LogP contribution in [0.15, 0.2) is 0 Å². The number of carboxylic acid groups (broad SMARTS) is 1. The van der Waals surface area contributed by atoms with Crippen LogP contribution < -0.4 is 0 Å². The number of halogens is 3. The minimum Gasteiger partial charge on any atom is -0.481 e. The van der Waals surface area contributed by atoms with Gasteiger partial charge in [0.05, 0.1) is 6.10 Å². The van der Waals surface area contributed by atoms with Gasteiger partial charge < -0.3 is 14.7 Å². The zero-order valence-corrected chi connectivity index (χ0v) is 8.32. The van der Waals surface area contributed by atoms with Crippen molar-refractivity contribution in [2.24, 2.45) is 5.92 Å². The third-order valence-electron chi connectivity index (χ3n) is 2.42. The molecule has 0 aromatic rings. The van der Waals surface area contributed by atoms with Crippen LogP contribution in [0.5, 0.6) is 0 Å². The average Bonchev–Trinajstić information content (AvgIpc) is 2.58. The molecule has 8 heteroatoms. The van der Waals surface area contributed by atoms with Crippen LogP contribution in [0.3, 0.4) is 0 Å². The number of hydrogen-bond acceptors (Lipinski definition) is 3. The number of methoxy groups -OCH3 is 1. The Morgan fingerprint density at radius 3 is 2.25 bits per heavy atom. The number of carbonyl (C=O) groups excluding carboxylic acids is 1. The van der Waals surface area contributed by atoms with Crippen LogP contribution in [-0.4, -0.2) is 54.4 Å². The minimum absolute atomic E-state index is 0.355. The average molecular weight is 241 g/mol. The summed E-state index contributed by atoms with van der Waals surface area (Å²) in [5, 5.41) is 8.72. The molecule has 0 spiro atoms. The molecule has 0 saturated carbocycles. The normalized spacial score (nSPS) is 25.9. The first-order valence-corrected chi connectivity index (χ1v) is 4.39. The van der Waals surface area contributed by atoms with Gasteiger partial charge >= 0.3 is 18.1 Å². The van der Waals surface area contributed by atoms with Crippen molar-refractivity contribution in [2.75, 3.05) is 20.2 Å². The van der Waals surface area contributed by atoms with Crippen LogP contribution >= 0.6 is 0 Å². The maximum atomic E-state index is 12.1. The topological polar surface area (TPSA) is 66.8 Å². The SMILES string of the molecule is CO[C@@H]1CN(C(=O)C(F)(F)F)C[C@H]1C(=O)O. The minimum atomic E-state index is -4.98. The third-order valence-corrected chi connectivity index (χ3v) is 2.42. The summed E-state index contributed by atoms with van der Waals surface area (Å²) < 4.78 is 41.0. The molecule has 92 valence electrons. The van der Waals surface area contributed by atoms with Crippen molar-refractivity contribution in [3.63, 3.8) is 0 Å². The maximum absolute atomic E-state index is 12.1. The van der Waals surface area contributed by atoms with Crippen LogP contribution in [0.25, 0.3) is 0 Å². The summed E-state index contributed by atoms with van der Waals surface area (Å²) in [6.45, 7) is -0.835. The van der Waals surface area contributed by atoms with Crippen LogP contribution in [-0.2, 0) is 14.3 Å². The largest absolute Gasteiger partial charge is 0.481 e. The number of rotatable bonds is 2. The van der Waals surface area contributed by atoms with Gasteiger partial charge in [0, 0.05) is 20.2 Å². The van der Waals surface area contributed by atoms with Gasteiger partial charge in [-0.3, -0.25) is 9.59 Å². The monoisotopic (exact) mass is 241 g/mol. The van der Waals surface area contributed by atoms with E-state index in [2.05, 4.69) is 0 Å². The van der Waals surface area contributed by atoms with Crippen molar-refractivity contribution in [1.29, 1.82) is 0 Å². The molecule has 1 amide bonds. The van der Waals surface area contributed by atoms with Gasteiger partial charge in [-0.05, 0) is 0 Å². The molecular formula is C8H10F3NO4. The number of alkyl halides is 3. The quantitative estimate of drug-likeness (QED) is 0.745. The highest BCUT2D eigenvalue weighted by molar-refractivity contribution is 5.83. The second-order valence-electron chi connectivity index (χ2n) is 3.43. The molecule has 1 N–H and O–H groups in total. The predicted molar refractivity (Wildman–Crippen MR) is 44.6 cm³/mol. The van der Waals surface area contributed by atoms with Crippen molar-refractivity contribution in [3.05, 3.63) is 0 Å². The van der Waals surface area contributed by atoms with Gasteiger partial charge in [-0.25, -0.2) is 0 Å². The molecule has 1 rings (SSSR count). The molecule has 1 heterocycles. The van der Waals surface area contributed by atoms with Crippen molar-refractivity contribution in [3.8, 4) is 0 Å². The van der Waals surface area contributed by atoms with E-state index in [1.54, 1.807) is 0 Å². The molecule has 1 aliphatic heterocycles. The number of carboxylic acids is 1. The Balaban J connectivity index is 2.75. The Bertz CT molecular complexity index is 304. The molecule has 1 saturated heterocycles. The highest BCUT2D eigenvalue weighted by atomic mass is 19.4. The predicted octanol–water partition coefficient (Wildman–Crippen LogP) is 0.107. The Labute approximate surface area is 88.8 Å². The Kier molecular flexibility index (Phi) is 3.41. The maximum Gasteiger partial charge on any atom is 0.471 e. The molecule has 2 atom stereocenters. The summed E-state index contributed by atoms with van der Waals surface area (Å²) in [7, 11) is 1.20. The molecule has 16 heavy (non-hydrogen) atoms. The van der Waals surface area contributed by atoms with Gasteiger partial charge in [0.25, 0.3) is 0 Å². The molecular weight excluding hydrogens is 231 g/mol. The first-order valence-electron chi connectivity index (χ1n) is 4.39. The molecule has 0 aromatic heterocycles. The van der Waals surface area contributed by atoms with Gasteiger partial charge in [0.2, 0.25) is 0 Å². The van der Waals surface area contributed by atoms with Gasteiger partial charge in [0.1, 0.15) is 5.92 Å². The van der Waals surface area contributed by atoms with Crippen LogP contribution in [0.4, 0.5) is 13.2 Å². The van der Waals surface area contributed by atoms with E-state index in [1.165, 1.54) is 7.11 Å². The van der Waals surface area contributed by atoms with E-state index < -0.39 is 36.6 Å². The zero-order chi connectivity index (χ0) is 12.5. The van der Waals surface area contributed by atoms with Crippen molar-refractivity contribution in [1.82, 2.24) is 4.90 Å². The molecule has 0 unspecified atom stereocenters. The summed E-state index contributed by atoms with van der Waals surface area (Å²) >= 11 is 0. The van der Waals surface area contributed by atoms with E-state index >= 15 is 0 Å². The second-order valence-corrected chi connectivity index (χ2v) is 3.43. The highest BCUT2D eigenvalue weighted by Crippen LogP contribution is 2.25. The first kappa shape index (κ1) is 12.8. The first-order chi connectivity index (χ1) is 7.27. The van der Waals surface area contributed by atoms with Crippen LogP contribution in [0, 0.1) is 5.92 Å². The molecule has 5 nitrogen and oxygen atoms in total. The molecule has 0 bridgehead atoms. The second kappa shape index (κ2) is 4.28. The van der Waals surface area contributed by atoms with E-state index in [1.807, 2.05) is 0 Å². The Hall–Kier alpha value is -1.31. The summed E-state index contributed by atoms with van der Waals surface area (Å²) in [6.07, 6.45) is -5.88. The molecule has 1 fully saturated rings. The number of nitrogens with zero attached hydrogens (tertiary/aromatic N) is 1. The summed E-state index contributed by atoms with van der Waals surface area (Å²) in [6, 6.07) is 0. The van der Waals surface area contributed by atoms with E-state index in [0.717, 1.165) is 0 Å². The number of hydrogen-bond donors (Lipinski definition) is 1. The van der Waals surface area contributed by atoms with E-state index in [9.17, 15) is 22.8 Å². The number of amides is 1. The molecule has 0 aromatic carbocycles. The number of ether oxygens (including phenoxy) is 1. The van der Waals surface area contributed by atoms with Crippen molar-refractivity contribution >= 4 is 11.9 Å². The zero-order valence-electron chi connectivity index (χ0n) is 8.32. The lowest BCUT2D eigenvalue weighted by atomic mass is 10.1. The van der Waals surface area contributed by atoms with Gasteiger partial charge in [0.15, 0.2) is 0 Å². The number of carbonyl (C=O) groups is 2. The van der Waals surface area contributed by atoms with Crippen molar-refractivity contribution < 1.29 is 32.6 Å². The number of aliphatic carboxylic acids is 1. The summed E-state index contributed by atoms with van der Waals surface area (Å²) in [5.74, 6) is -4.42. The Morgan fingerprint density at radius 2 is 1.94 bits per heavy atom. The fourth-order valence-electron chi connectivity index (χ4n) is 1.60. The fraction of sp³-hybridized carbons (Fsp3) is 0.750. The van der Waals surface area contributed by atoms with E-state index in [4.69, 9.17) is 9.84 Å². The lowest BCUT2D eigenvalue weighted by Crippen LogP contribution is -2.40. The van der Waals surface area contributed by atoms with Gasteiger partial charge in [-0.2, -0.15) is 13.2 Å². The van der Waals surface area contributed by atoms with Crippen LogP contribution in [0.2, 0.25) is 0 Å². The fourth-order valence-corrected chi connectivity index (χ4v) is 1.60. The summed E-state index contributed by atoms with van der Waals surface area (Å²) in [4.78, 5) is 22.0. The summed E-state index contributed by atoms with van der Waals surface area (Å²) in [5.41, 5.74) is 0. The van der Waals surface area contributed by atoms with Gasteiger partial charge in [-0.15, -0.1) is 0 Å². The lowest BCUT2D eigenvalue weighted by molar-refractivity contribution is -0.184. The van der Waals surface area contributed by atoms with Gasteiger partial charge in [-0.1, -0.05) is 0 Å². The molecule has 0 radical (unpaired) electrons. The number of likely N-dealkylation sites (tertiary alicyclic amines) is 1. The highest BCUT2D eigenvalue weighted by Gasteiger charge is 2.48. The standard InChI is InChI=1S/C8H10F3NO4/c1-16-5-3-12(2-4(5)6(13)14)7(15)8(9,10)11/h4-5H,2-3H2,1H3,(H,13,14)/t4-,5-/m1/s1. The van der Waals surface area contributed by atoms with Crippen LogP contribution in [0.1, 0.15) is 0 Å². The Morgan fingerprint density at radius 1 is 1.38 bits per heavy atom. The van der Waals surface area contributed by atoms with E-state index in [-0.39, 0.29) is 6.54 Å². The molecule has 1 aliphatic rings. The molecule has 0 aliphatic carbocycles. The third kappa shape index (κ3) is 2.43. The van der Waals surface area contributed by atoms with E-state index in [0.29, 0.717) is 4.90 Å².